The summed E-state index contributed by atoms with van der Waals surface area (Å²) in [5.41, 5.74) is 0.648. The number of carbonyl (C=O) groups is 2. The topological polar surface area (TPSA) is 88.9 Å². The molecule has 0 unspecified atom stereocenters. The van der Waals surface area contributed by atoms with Crippen molar-refractivity contribution >= 4 is 87.3 Å². The summed E-state index contributed by atoms with van der Waals surface area (Å²) < 4.78 is 1.69. The van der Waals surface area contributed by atoms with Crippen molar-refractivity contribution in [3.05, 3.63) is 66.8 Å². The summed E-state index contributed by atoms with van der Waals surface area (Å²) in [5, 5.41) is 15.7. The lowest BCUT2D eigenvalue weighted by Crippen LogP contribution is -2.28. The molecule has 0 aliphatic rings. The second kappa shape index (κ2) is 11.2. The van der Waals surface area contributed by atoms with Gasteiger partial charge in [-0.3, -0.25) is 9.59 Å². The lowest BCUT2D eigenvalue weighted by atomic mass is 10.2. The highest BCUT2D eigenvalue weighted by Gasteiger charge is 2.20. The van der Waals surface area contributed by atoms with Crippen LogP contribution in [-0.2, 0) is 11.8 Å². The molecule has 2 N–H and O–H groups in total. The summed E-state index contributed by atoms with van der Waals surface area (Å²) in [6.45, 7) is 1.77. The van der Waals surface area contributed by atoms with Crippen molar-refractivity contribution in [3.63, 3.8) is 0 Å². The van der Waals surface area contributed by atoms with Gasteiger partial charge in [-0.05, 0) is 37.3 Å². The number of nitrogens with one attached hydrogen (secondary N) is 2. The molecule has 0 bridgehead atoms. The Hall–Kier alpha value is -1.68. The molecule has 0 radical (unpaired) electrons. The van der Waals surface area contributed by atoms with Gasteiger partial charge in [0.1, 0.15) is 0 Å². The summed E-state index contributed by atoms with van der Waals surface area (Å²) in [5.74, 6) is -0.133. The maximum atomic E-state index is 12.5. The predicted octanol–water partition coefficient (Wildman–Crippen LogP) is 6.30. The van der Waals surface area contributed by atoms with Gasteiger partial charge in [-0.1, -0.05) is 69.8 Å². The van der Waals surface area contributed by atoms with Gasteiger partial charge < -0.3 is 15.2 Å². The van der Waals surface area contributed by atoms with Crippen LogP contribution >= 0.6 is 69.8 Å². The van der Waals surface area contributed by atoms with Crippen LogP contribution in [0.3, 0.4) is 0 Å². The average molecular weight is 568 g/mol. The van der Waals surface area contributed by atoms with Crippen LogP contribution in [0.2, 0.25) is 25.1 Å². The molecule has 13 heteroatoms. The van der Waals surface area contributed by atoms with Gasteiger partial charge >= 0.3 is 0 Å². The molecule has 3 rings (SSSR count). The number of hydrogen-bond donors (Lipinski definition) is 2. The lowest BCUT2D eigenvalue weighted by Gasteiger charge is -2.14. The SMILES string of the molecule is C[C@H](NC(=O)c1ccc(Cl)c(Cl)c1)c1nnc(SCC(=O)Nc2c(Cl)cc(Cl)cc2Cl)n1C. The van der Waals surface area contributed by atoms with E-state index in [1.807, 2.05) is 0 Å². The van der Waals surface area contributed by atoms with Gasteiger partial charge in [-0.25, -0.2) is 0 Å². The zero-order valence-electron chi connectivity index (χ0n) is 17.1. The maximum Gasteiger partial charge on any atom is 0.251 e. The van der Waals surface area contributed by atoms with Gasteiger partial charge in [-0.2, -0.15) is 0 Å². The molecule has 2 amide bonds. The molecule has 7 nitrogen and oxygen atoms in total. The monoisotopic (exact) mass is 565 g/mol. The number of anilines is 1. The molecule has 33 heavy (non-hydrogen) atoms. The Bertz CT molecular complexity index is 1200. The fourth-order valence-corrected chi connectivity index (χ4v) is 4.71. The molecule has 0 spiro atoms. The highest BCUT2D eigenvalue weighted by Crippen LogP contribution is 2.34. The third-order valence-electron chi connectivity index (χ3n) is 4.39. The molecule has 2 aromatic carbocycles. The molecule has 0 aliphatic heterocycles. The van der Waals surface area contributed by atoms with Crippen LogP contribution in [0.5, 0.6) is 0 Å². The summed E-state index contributed by atoms with van der Waals surface area (Å²) in [4.78, 5) is 24.9. The van der Waals surface area contributed by atoms with Crippen molar-refractivity contribution in [2.75, 3.05) is 11.1 Å². The van der Waals surface area contributed by atoms with Gasteiger partial charge in [0.2, 0.25) is 5.91 Å². The summed E-state index contributed by atoms with van der Waals surface area (Å²) in [6, 6.07) is 7.13. The molecular weight excluding hydrogens is 552 g/mol. The summed E-state index contributed by atoms with van der Waals surface area (Å²) >= 11 is 31.1. The Morgan fingerprint density at radius 3 is 2.30 bits per heavy atom. The molecule has 0 aliphatic carbocycles. The van der Waals surface area contributed by atoms with Crippen molar-refractivity contribution in [2.45, 2.75) is 18.1 Å². The first-order chi connectivity index (χ1) is 15.6. The predicted molar refractivity (Wildman–Crippen MR) is 134 cm³/mol. The normalized spacial score (nSPS) is 11.8. The minimum Gasteiger partial charge on any atom is -0.342 e. The first kappa shape index (κ1) is 25.9. The van der Waals surface area contributed by atoms with Crippen LogP contribution in [0, 0.1) is 0 Å². The molecule has 0 fully saturated rings. The van der Waals surface area contributed by atoms with Crippen LogP contribution in [0.1, 0.15) is 29.1 Å². The number of nitrogens with zero attached hydrogens (tertiary/aromatic N) is 3. The van der Waals surface area contributed by atoms with E-state index in [2.05, 4.69) is 20.8 Å². The third kappa shape index (κ3) is 6.47. The Morgan fingerprint density at radius 2 is 1.67 bits per heavy atom. The van der Waals surface area contributed by atoms with Gasteiger partial charge in [0.05, 0.1) is 37.6 Å². The molecule has 3 aromatic rings. The van der Waals surface area contributed by atoms with Crippen molar-refractivity contribution < 1.29 is 9.59 Å². The van der Waals surface area contributed by atoms with E-state index in [1.54, 1.807) is 30.7 Å². The number of benzene rings is 2. The summed E-state index contributed by atoms with van der Waals surface area (Å²) in [7, 11) is 1.74. The highest BCUT2D eigenvalue weighted by molar-refractivity contribution is 7.99. The fraction of sp³-hybridized carbons (Fsp3) is 0.200. The van der Waals surface area contributed by atoms with Crippen molar-refractivity contribution in [2.24, 2.45) is 7.05 Å². The number of halogens is 5. The number of rotatable bonds is 7. The fourth-order valence-electron chi connectivity index (χ4n) is 2.78. The highest BCUT2D eigenvalue weighted by atomic mass is 35.5. The van der Waals surface area contributed by atoms with Crippen molar-refractivity contribution in [1.82, 2.24) is 20.1 Å². The summed E-state index contributed by atoms with van der Waals surface area (Å²) in [6.07, 6.45) is 0. The van der Waals surface area contributed by atoms with Crippen molar-refractivity contribution in [1.29, 1.82) is 0 Å². The van der Waals surface area contributed by atoms with E-state index in [4.69, 9.17) is 58.0 Å². The Kier molecular flexibility index (Phi) is 8.77. The van der Waals surface area contributed by atoms with E-state index in [9.17, 15) is 9.59 Å². The minimum atomic E-state index is -0.459. The second-order valence-corrected chi connectivity index (χ2v) is 9.81. The molecule has 174 valence electrons. The van der Waals surface area contributed by atoms with E-state index < -0.39 is 6.04 Å². The van der Waals surface area contributed by atoms with E-state index in [-0.39, 0.29) is 38.3 Å². The number of amides is 2. The van der Waals surface area contributed by atoms with Crippen LogP contribution in [-0.4, -0.2) is 32.3 Å². The zero-order chi connectivity index (χ0) is 24.3. The van der Waals surface area contributed by atoms with E-state index in [0.717, 1.165) is 0 Å². The zero-order valence-corrected chi connectivity index (χ0v) is 21.7. The van der Waals surface area contributed by atoms with Gasteiger partial charge in [0, 0.05) is 17.6 Å². The van der Waals surface area contributed by atoms with E-state index in [0.29, 0.717) is 26.6 Å². The second-order valence-electron chi connectivity index (χ2n) is 6.81. The lowest BCUT2D eigenvalue weighted by molar-refractivity contribution is -0.113. The quantitative estimate of drug-likeness (QED) is 0.327. The standard InChI is InChI=1S/C20H16Cl5N5O2S/c1-9(26-19(32)10-3-4-12(22)13(23)5-10)18-28-29-20(30(18)2)33-8-16(31)27-17-14(24)6-11(21)7-15(17)25/h3-7,9H,8H2,1-2H3,(H,26,32)(H,27,31)/t9-/m0/s1. The Balaban J connectivity index is 1.61. The molecule has 0 saturated heterocycles. The first-order valence-electron chi connectivity index (χ1n) is 9.29. The number of aromatic nitrogens is 3. The first-order valence-corrected chi connectivity index (χ1v) is 12.2. The third-order valence-corrected chi connectivity index (χ3v) is 6.96. The largest absolute Gasteiger partial charge is 0.342 e. The van der Waals surface area contributed by atoms with Crippen molar-refractivity contribution in [3.8, 4) is 0 Å². The number of thioether (sulfide) groups is 1. The molecule has 1 heterocycles. The van der Waals surface area contributed by atoms with Crippen LogP contribution < -0.4 is 10.6 Å². The number of hydrogen-bond acceptors (Lipinski definition) is 5. The van der Waals surface area contributed by atoms with E-state index >= 15 is 0 Å². The van der Waals surface area contributed by atoms with E-state index in [1.165, 1.54) is 30.0 Å². The van der Waals surface area contributed by atoms with Crippen LogP contribution in [0.4, 0.5) is 5.69 Å². The molecular formula is C20H16Cl5N5O2S. The number of carbonyl (C=O) groups excluding carboxylic acids is 2. The van der Waals surface area contributed by atoms with Crippen LogP contribution in [0.15, 0.2) is 35.5 Å². The van der Waals surface area contributed by atoms with Gasteiger partial charge in [-0.15, -0.1) is 10.2 Å². The Morgan fingerprint density at radius 1 is 1.00 bits per heavy atom. The Labute approximate surface area is 219 Å². The molecule has 1 aromatic heterocycles. The molecule has 1 atom stereocenters. The van der Waals surface area contributed by atoms with Crippen LogP contribution in [0.25, 0.3) is 0 Å². The minimum absolute atomic E-state index is 0.0330. The average Bonchev–Trinajstić information content (AvgIpc) is 3.11. The smallest absolute Gasteiger partial charge is 0.251 e. The maximum absolute atomic E-state index is 12.5. The van der Waals surface area contributed by atoms with Gasteiger partial charge in [0.15, 0.2) is 11.0 Å². The molecule has 0 saturated carbocycles. The van der Waals surface area contributed by atoms with Gasteiger partial charge in [0.25, 0.3) is 5.91 Å².